The minimum Gasteiger partial charge on any atom is -0.406 e. The summed E-state index contributed by atoms with van der Waals surface area (Å²) >= 11 is 0. The third kappa shape index (κ3) is 3.72. The van der Waals surface area contributed by atoms with Gasteiger partial charge >= 0.3 is 6.01 Å². The van der Waals surface area contributed by atoms with E-state index in [1.165, 1.54) is 6.07 Å². The Balaban J connectivity index is 2.03. The van der Waals surface area contributed by atoms with Gasteiger partial charge in [-0.25, -0.2) is 8.78 Å². The summed E-state index contributed by atoms with van der Waals surface area (Å²) in [5.74, 6) is -0.978. The molecule has 0 unspecified atom stereocenters. The number of halogens is 2. The summed E-state index contributed by atoms with van der Waals surface area (Å²) in [5.41, 5.74) is 0.0772. The first-order chi connectivity index (χ1) is 9.04. The molecule has 0 fully saturated rings. The van der Waals surface area contributed by atoms with Crippen LogP contribution in [0.3, 0.4) is 0 Å². The van der Waals surface area contributed by atoms with Crippen molar-refractivity contribution in [1.29, 1.82) is 0 Å². The van der Waals surface area contributed by atoms with Crippen molar-refractivity contribution in [2.24, 2.45) is 0 Å². The van der Waals surface area contributed by atoms with Crippen LogP contribution in [0, 0.1) is 11.6 Å². The zero-order valence-corrected chi connectivity index (χ0v) is 10.6. The Kier molecular flexibility index (Phi) is 4.06. The molecule has 0 saturated heterocycles. The predicted molar refractivity (Wildman–Crippen MR) is 65.9 cm³/mol. The molecule has 0 aliphatic carbocycles. The second-order valence-electron chi connectivity index (χ2n) is 4.29. The number of aromatic nitrogens is 2. The lowest BCUT2D eigenvalue weighted by Crippen LogP contribution is -2.21. The summed E-state index contributed by atoms with van der Waals surface area (Å²) in [7, 11) is 0. The van der Waals surface area contributed by atoms with Gasteiger partial charge in [-0.2, -0.15) is 0 Å². The fourth-order valence-electron chi connectivity index (χ4n) is 1.37. The highest BCUT2D eigenvalue weighted by Crippen LogP contribution is 2.19. The number of anilines is 2. The number of hydrogen-bond donors (Lipinski definition) is 2. The Bertz CT molecular complexity index is 556. The first kappa shape index (κ1) is 13.4. The van der Waals surface area contributed by atoms with Crippen LogP contribution in [0.5, 0.6) is 0 Å². The zero-order valence-electron chi connectivity index (χ0n) is 10.6. The van der Waals surface area contributed by atoms with Crippen molar-refractivity contribution >= 4 is 11.7 Å². The SMILES string of the molecule is CC(C)NCc1nnc(Nc2ccc(F)cc2F)o1. The Morgan fingerprint density at radius 3 is 2.74 bits per heavy atom. The first-order valence-corrected chi connectivity index (χ1v) is 5.82. The molecular weight excluding hydrogens is 254 g/mol. The number of nitrogens with one attached hydrogen (secondary N) is 2. The lowest BCUT2D eigenvalue weighted by atomic mass is 10.3. The van der Waals surface area contributed by atoms with Gasteiger partial charge in [0.05, 0.1) is 12.2 Å². The zero-order chi connectivity index (χ0) is 13.8. The van der Waals surface area contributed by atoms with Crippen LogP contribution in [0.4, 0.5) is 20.5 Å². The van der Waals surface area contributed by atoms with Crippen molar-refractivity contribution < 1.29 is 13.2 Å². The second kappa shape index (κ2) is 5.75. The van der Waals surface area contributed by atoms with E-state index in [9.17, 15) is 8.78 Å². The molecule has 5 nitrogen and oxygen atoms in total. The number of benzene rings is 1. The molecule has 1 aromatic heterocycles. The van der Waals surface area contributed by atoms with E-state index in [-0.39, 0.29) is 17.7 Å². The van der Waals surface area contributed by atoms with Crippen LogP contribution in [0.1, 0.15) is 19.7 Å². The van der Waals surface area contributed by atoms with E-state index in [1.54, 1.807) is 0 Å². The molecule has 0 aliphatic rings. The maximum Gasteiger partial charge on any atom is 0.320 e. The van der Waals surface area contributed by atoms with Crippen LogP contribution in [-0.2, 0) is 6.54 Å². The third-order valence-electron chi connectivity index (χ3n) is 2.30. The molecule has 2 rings (SSSR count). The maximum atomic E-state index is 13.4. The molecule has 7 heteroatoms. The highest BCUT2D eigenvalue weighted by molar-refractivity contribution is 5.52. The van der Waals surface area contributed by atoms with E-state index in [2.05, 4.69) is 20.8 Å². The molecule has 0 bridgehead atoms. The van der Waals surface area contributed by atoms with Crippen LogP contribution in [0.25, 0.3) is 0 Å². The van der Waals surface area contributed by atoms with Gasteiger partial charge < -0.3 is 15.1 Å². The van der Waals surface area contributed by atoms with Crippen LogP contribution >= 0.6 is 0 Å². The fraction of sp³-hybridized carbons (Fsp3) is 0.333. The summed E-state index contributed by atoms with van der Waals surface area (Å²) in [6, 6.07) is 3.54. The molecule has 0 amide bonds. The molecule has 0 spiro atoms. The molecule has 1 heterocycles. The highest BCUT2D eigenvalue weighted by atomic mass is 19.1. The van der Waals surface area contributed by atoms with Gasteiger partial charge in [0.1, 0.15) is 11.6 Å². The van der Waals surface area contributed by atoms with Crippen LogP contribution < -0.4 is 10.6 Å². The van der Waals surface area contributed by atoms with Gasteiger partial charge in [0, 0.05) is 12.1 Å². The number of hydrogen-bond acceptors (Lipinski definition) is 5. The van der Waals surface area contributed by atoms with Gasteiger partial charge in [0.15, 0.2) is 0 Å². The minimum atomic E-state index is -0.722. The van der Waals surface area contributed by atoms with Gasteiger partial charge in [-0.1, -0.05) is 18.9 Å². The lowest BCUT2D eigenvalue weighted by Gasteiger charge is -2.04. The molecule has 1 aromatic carbocycles. The van der Waals surface area contributed by atoms with Gasteiger partial charge in [0.25, 0.3) is 0 Å². The quantitative estimate of drug-likeness (QED) is 0.872. The maximum absolute atomic E-state index is 13.4. The Morgan fingerprint density at radius 1 is 1.26 bits per heavy atom. The molecule has 0 saturated carbocycles. The topological polar surface area (TPSA) is 63.0 Å². The van der Waals surface area contributed by atoms with Gasteiger partial charge in [-0.3, -0.25) is 0 Å². The molecule has 2 N–H and O–H groups in total. The van der Waals surface area contributed by atoms with Crippen molar-refractivity contribution in [3.8, 4) is 0 Å². The smallest absolute Gasteiger partial charge is 0.320 e. The predicted octanol–water partition coefficient (Wildman–Crippen LogP) is 2.59. The standard InChI is InChI=1S/C12H14F2N4O/c1-7(2)15-6-11-17-18-12(19-11)16-10-4-3-8(13)5-9(10)14/h3-5,7,15H,6H2,1-2H3,(H,16,18). The number of rotatable bonds is 5. The Hall–Kier alpha value is -2.02. The normalized spacial score (nSPS) is 11.0. The van der Waals surface area contributed by atoms with Crippen LogP contribution in [-0.4, -0.2) is 16.2 Å². The van der Waals surface area contributed by atoms with E-state index in [0.717, 1.165) is 12.1 Å². The Morgan fingerprint density at radius 2 is 2.05 bits per heavy atom. The first-order valence-electron chi connectivity index (χ1n) is 5.82. The summed E-state index contributed by atoms with van der Waals surface area (Å²) in [6.07, 6.45) is 0. The molecule has 0 aliphatic heterocycles. The van der Waals surface area contributed by atoms with Crippen LogP contribution in [0.15, 0.2) is 22.6 Å². The van der Waals surface area contributed by atoms with Crippen molar-refractivity contribution in [3.05, 3.63) is 35.7 Å². The molecular formula is C12H14F2N4O. The van der Waals surface area contributed by atoms with Crippen molar-refractivity contribution in [2.75, 3.05) is 5.32 Å². The summed E-state index contributed by atoms with van der Waals surface area (Å²) in [5, 5.41) is 13.2. The average Bonchev–Trinajstić information content (AvgIpc) is 2.78. The van der Waals surface area contributed by atoms with Crippen molar-refractivity contribution in [3.63, 3.8) is 0 Å². The Labute approximate surface area is 109 Å². The monoisotopic (exact) mass is 268 g/mol. The van der Waals surface area contributed by atoms with Crippen LogP contribution in [0.2, 0.25) is 0 Å². The van der Waals surface area contributed by atoms with E-state index in [4.69, 9.17) is 4.42 Å². The van der Waals surface area contributed by atoms with E-state index in [0.29, 0.717) is 12.4 Å². The number of nitrogens with zero attached hydrogens (tertiary/aromatic N) is 2. The average molecular weight is 268 g/mol. The van der Waals surface area contributed by atoms with Crippen molar-refractivity contribution in [2.45, 2.75) is 26.4 Å². The summed E-state index contributed by atoms with van der Waals surface area (Å²) < 4.78 is 31.4. The van der Waals surface area contributed by atoms with Gasteiger partial charge in [0.2, 0.25) is 5.89 Å². The van der Waals surface area contributed by atoms with Crippen molar-refractivity contribution in [1.82, 2.24) is 15.5 Å². The van der Waals surface area contributed by atoms with E-state index >= 15 is 0 Å². The fourth-order valence-corrected chi connectivity index (χ4v) is 1.37. The summed E-state index contributed by atoms with van der Waals surface area (Å²) in [6.45, 7) is 4.41. The lowest BCUT2D eigenvalue weighted by molar-refractivity contribution is 0.460. The largest absolute Gasteiger partial charge is 0.406 e. The minimum absolute atomic E-state index is 0.0612. The second-order valence-corrected chi connectivity index (χ2v) is 4.29. The molecule has 2 aromatic rings. The van der Waals surface area contributed by atoms with Gasteiger partial charge in [-0.05, 0) is 12.1 Å². The third-order valence-corrected chi connectivity index (χ3v) is 2.30. The molecule has 0 radical (unpaired) electrons. The van der Waals surface area contributed by atoms with Gasteiger partial charge in [-0.15, -0.1) is 5.10 Å². The van der Waals surface area contributed by atoms with E-state index < -0.39 is 11.6 Å². The summed E-state index contributed by atoms with van der Waals surface area (Å²) in [4.78, 5) is 0. The van der Waals surface area contributed by atoms with E-state index in [1.807, 2.05) is 13.8 Å². The molecule has 0 atom stereocenters. The molecule has 19 heavy (non-hydrogen) atoms. The highest BCUT2D eigenvalue weighted by Gasteiger charge is 2.09. The molecule has 102 valence electrons.